The molecule has 3 aromatic rings. The SMILES string of the molecule is OCc1ccc(CN2CCCC2c2nc3ccccc3s2)cc1. The van der Waals surface area contributed by atoms with Gasteiger partial charge in [-0.25, -0.2) is 4.98 Å². The Morgan fingerprint density at radius 3 is 2.65 bits per heavy atom. The highest BCUT2D eigenvalue weighted by atomic mass is 32.1. The first-order valence-corrected chi connectivity index (χ1v) is 8.93. The van der Waals surface area contributed by atoms with E-state index in [1.54, 1.807) is 0 Å². The normalized spacial score (nSPS) is 18.7. The van der Waals surface area contributed by atoms with Gasteiger partial charge in [0, 0.05) is 6.54 Å². The van der Waals surface area contributed by atoms with Crippen LogP contribution in [-0.2, 0) is 13.2 Å². The van der Waals surface area contributed by atoms with Crippen molar-refractivity contribution >= 4 is 21.6 Å². The van der Waals surface area contributed by atoms with Gasteiger partial charge in [-0.05, 0) is 42.6 Å². The van der Waals surface area contributed by atoms with Gasteiger partial charge in [-0.1, -0.05) is 36.4 Å². The van der Waals surface area contributed by atoms with Crippen molar-refractivity contribution < 1.29 is 5.11 Å². The third-order valence-corrected chi connectivity index (χ3v) is 5.69. The number of benzene rings is 2. The summed E-state index contributed by atoms with van der Waals surface area (Å²) in [4.78, 5) is 7.39. The average molecular weight is 324 g/mol. The summed E-state index contributed by atoms with van der Waals surface area (Å²) in [6.07, 6.45) is 2.42. The fraction of sp³-hybridized carbons (Fsp3) is 0.316. The van der Waals surface area contributed by atoms with Gasteiger partial charge in [-0.15, -0.1) is 11.3 Å². The lowest BCUT2D eigenvalue weighted by Gasteiger charge is -2.22. The number of hydrogen-bond donors (Lipinski definition) is 1. The highest BCUT2D eigenvalue weighted by Gasteiger charge is 2.28. The fourth-order valence-corrected chi connectivity index (χ4v) is 4.45. The van der Waals surface area contributed by atoms with Gasteiger partial charge >= 0.3 is 0 Å². The molecule has 2 heterocycles. The average Bonchev–Trinajstić information content (AvgIpc) is 3.21. The molecule has 3 nitrogen and oxygen atoms in total. The molecule has 0 spiro atoms. The Morgan fingerprint density at radius 1 is 1.09 bits per heavy atom. The van der Waals surface area contributed by atoms with Crippen LogP contribution in [0.2, 0.25) is 0 Å². The Bertz CT molecular complexity index is 763. The monoisotopic (exact) mass is 324 g/mol. The third-order valence-electron chi connectivity index (χ3n) is 4.55. The summed E-state index contributed by atoms with van der Waals surface area (Å²) in [6, 6.07) is 17.1. The van der Waals surface area contributed by atoms with E-state index in [1.807, 2.05) is 23.5 Å². The summed E-state index contributed by atoms with van der Waals surface area (Å²) in [7, 11) is 0. The molecule has 0 saturated carbocycles. The van der Waals surface area contributed by atoms with E-state index < -0.39 is 0 Å². The molecule has 0 bridgehead atoms. The summed E-state index contributed by atoms with van der Waals surface area (Å²) in [5, 5.41) is 10.4. The molecule has 0 radical (unpaired) electrons. The van der Waals surface area contributed by atoms with Crippen LogP contribution in [-0.4, -0.2) is 21.5 Å². The van der Waals surface area contributed by atoms with Crippen molar-refractivity contribution in [2.75, 3.05) is 6.54 Å². The number of nitrogens with zero attached hydrogens (tertiary/aromatic N) is 2. The minimum atomic E-state index is 0.109. The summed E-state index contributed by atoms with van der Waals surface area (Å²) < 4.78 is 1.28. The lowest BCUT2D eigenvalue weighted by Crippen LogP contribution is -2.22. The maximum Gasteiger partial charge on any atom is 0.111 e. The Kier molecular flexibility index (Phi) is 4.12. The molecular formula is C19H20N2OS. The van der Waals surface area contributed by atoms with E-state index in [9.17, 15) is 0 Å². The molecule has 1 unspecified atom stereocenters. The first kappa shape index (κ1) is 14.8. The van der Waals surface area contributed by atoms with Crippen LogP contribution in [0, 0.1) is 0 Å². The van der Waals surface area contributed by atoms with E-state index in [0.29, 0.717) is 6.04 Å². The number of hydrogen-bond acceptors (Lipinski definition) is 4. The van der Waals surface area contributed by atoms with Gasteiger partial charge in [0.25, 0.3) is 0 Å². The first-order chi connectivity index (χ1) is 11.3. The zero-order chi connectivity index (χ0) is 15.6. The van der Waals surface area contributed by atoms with Crippen molar-refractivity contribution in [3.63, 3.8) is 0 Å². The molecule has 1 saturated heterocycles. The van der Waals surface area contributed by atoms with E-state index >= 15 is 0 Å². The van der Waals surface area contributed by atoms with Gasteiger partial charge in [0.1, 0.15) is 5.01 Å². The van der Waals surface area contributed by atoms with Gasteiger partial charge in [0.15, 0.2) is 0 Å². The predicted molar refractivity (Wildman–Crippen MR) is 94.4 cm³/mol. The fourth-order valence-electron chi connectivity index (χ4n) is 3.31. The minimum absolute atomic E-state index is 0.109. The molecule has 2 aromatic carbocycles. The molecule has 23 heavy (non-hydrogen) atoms. The number of aliphatic hydroxyl groups is 1. The molecule has 1 N–H and O–H groups in total. The van der Waals surface area contributed by atoms with E-state index in [1.165, 1.54) is 28.1 Å². The molecule has 4 rings (SSSR count). The quantitative estimate of drug-likeness (QED) is 0.784. The van der Waals surface area contributed by atoms with E-state index in [4.69, 9.17) is 10.1 Å². The zero-order valence-corrected chi connectivity index (χ0v) is 13.8. The van der Waals surface area contributed by atoms with Crippen LogP contribution in [0.25, 0.3) is 10.2 Å². The Labute approximate surface area is 140 Å². The van der Waals surface area contributed by atoms with Gasteiger partial charge in [-0.3, -0.25) is 4.90 Å². The molecule has 0 aliphatic carbocycles. The minimum Gasteiger partial charge on any atom is -0.392 e. The van der Waals surface area contributed by atoms with Gasteiger partial charge in [0.2, 0.25) is 0 Å². The second kappa shape index (κ2) is 6.40. The molecule has 118 valence electrons. The van der Waals surface area contributed by atoms with Crippen molar-refractivity contribution in [1.29, 1.82) is 0 Å². The molecule has 4 heteroatoms. The lowest BCUT2D eigenvalue weighted by atomic mass is 10.1. The van der Waals surface area contributed by atoms with Crippen molar-refractivity contribution in [3.05, 3.63) is 64.7 Å². The van der Waals surface area contributed by atoms with Crippen molar-refractivity contribution in [2.24, 2.45) is 0 Å². The smallest absolute Gasteiger partial charge is 0.111 e. The number of aromatic nitrogens is 1. The Hall–Kier alpha value is -1.75. The van der Waals surface area contributed by atoms with Crippen molar-refractivity contribution in [2.45, 2.75) is 32.0 Å². The summed E-state index contributed by atoms with van der Waals surface area (Å²) >= 11 is 1.83. The number of thiazole rings is 1. The van der Waals surface area contributed by atoms with Crippen LogP contribution in [0.5, 0.6) is 0 Å². The van der Waals surface area contributed by atoms with E-state index in [-0.39, 0.29) is 6.61 Å². The molecule has 1 fully saturated rings. The second-order valence-corrected chi connectivity index (χ2v) is 7.19. The lowest BCUT2D eigenvalue weighted by molar-refractivity contribution is 0.248. The number of rotatable bonds is 4. The first-order valence-electron chi connectivity index (χ1n) is 8.12. The Morgan fingerprint density at radius 2 is 1.87 bits per heavy atom. The summed E-state index contributed by atoms with van der Waals surface area (Å²) in [5.41, 5.74) is 3.39. The van der Waals surface area contributed by atoms with Gasteiger partial charge < -0.3 is 5.11 Å². The standard InChI is InChI=1S/C19H20N2OS/c22-13-15-9-7-14(8-10-15)12-21-11-3-5-17(21)19-20-16-4-1-2-6-18(16)23-19/h1-2,4,6-10,17,22H,3,5,11-13H2. The number of para-hydroxylation sites is 1. The molecule has 0 amide bonds. The molecule has 1 aromatic heterocycles. The Balaban J connectivity index is 1.55. The van der Waals surface area contributed by atoms with Crippen LogP contribution in [0.4, 0.5) is 0 Å². The topological polar surface area (TPSA) is 36.4 Å². The summed E-state index contributed by atoms with van der Waals surface area (Å²) in [6.45, 7) is 2.19. The highest BCUT2D eigenvalue weighted by Crippen LogP contribution is 2.37. The van der Waals surface area contributed by atoms with Crippen molar-refractivity contribution in [1.82, 2.24) is 9.88 Å². The summed E-state index contributed by atoms with van der Waals surface area (Å²) in [5.74, 6) is 0. The van der Waals surface area contributed by atoms with Crippen LogP contribution in [0.3, 0.4) is 0 Å². The largest absolute Gasteiger partial charge is 0.392 e. The van der Waals surface area contributed by atoms with Gasteiger partial charge in [0.05, 0.1) is 22.9 Å². The maximum absolute atomic E-state index is 9.16. The number of likely N-dealkylation sites (tertiary alicyclic amines) is 1. The van der Waals surface area contributed by atoms with Crippen LogP contribution in [0.15, 0.2) is 48.5 Å². The predicted octanol–water partition coefficient (Wildman–Crippen LogP) is 4.13. The van der Waals surface area contributed by atoms with E-state index in [0.717, 1.165) is 24.2 Å². The molecule has 1 atom stereocenters. The van der Waals surface area contributed by atoms with Crippen LogP contribution in [0.1, 0.15) is 35.0 Å². The second-order valence-electron chi connectivity index (χ2n) is 6.12. The maximum atomic E-state index is 9.16. The van der Waals surface area contributed by atoms with Crippen LogP contribution >= 0.6 is 11.3 Å². The van der Waals surface area contributed by atoms with E-state index in [2.05, 4.69) is 41.3 Å². The third kappa shape index (κ3) is 3.02. The number of fused-ring (bicyclic) bond motifs is 1. The zero-order valence-electron chi connectivity index (χ0n) is 13.0. The molecular weight excluding hydrogens is 304 g/mol. The number of aliphatic hydroxyl groups excluding tert-OH is 1. The molecule has 1 aliphatic rings. The van der Waals surface area contributed by atoms with Crippen LogP contribution < -0.4 is 0 Å². The van der Waals surface area contributed by atoms with Crippen molar-refractivity contribution in [3.8, 4) is 0 Å². The highest BCUT2D eigenvalue weighted by molar-refractivity contribution is 7.18. The van der Waals surface area contributed by atoms with Gasteiger partial charge in [-0.2, -0.15) is 0 Å². The molecule has 1 aliphatic heterocycles.